The Hall–Kier alpha value is -1.26. The van der Waals surface area contributed by atoms with Crippen LogP contribution in [0.15, 0.2) is 18.2 Å². The molecule has 1 amide bonds. The smallest absolute Gasteiger partial charge is 0.250 e. The second kappa shape index (κ2) is 8.25. The summed E-state index contributed by atoms with van der Waals surface area (Å²) in [5.41, 5.74) is 8.13. The van der Waals surface area contributed by atoms with E-state index in [1.165, 1.54) is 19.3 Å². The van der Waals surface area contributed by atoms with E-state index in [0.29, 0.717) is 11.6 Å². The number of nitrogens with two attached hydrogens (primary N) is 1. The van der Waals surface area contributed by atoms with Crippen LogP contribution in [0.3, 0.4) is 0 Å². The number of carbonyl (C=O) groups is 1. The van der Waals surface area contributed by atoms with Crippen molar-refractivity contribution in [2.75, 3.05) is 17.7 Å². The van der Waals surface area contributed by atoms with E-state index in [1.807, 2.05) is 19.1 Å². The summed E-state index contributed by atoms with van der Waals surface area (Å²) in [6, 6.07) is 5.50. The predicted molar refractivity (Wildman–Crippen MR) is 88.8 cm³/mol. The summed E-state index contributed by atoms with van der Waals surface area (Å²) in [5, 5.41) is 2.86. The van der Waals surface area contributed by atoms with Gasteiger partial charge in [-0.15, -0.1) is 12.4 Å². The second-order valence-corrected chi connectivity index (χ2v) is 5.73. The minimum absolute atomic E-state index is 0. The van der Waals surface area contributed by atoms with E-state index in [4.69, 9.17) is 10.5 Å². The highest BCUT2D eigenvalue weighted by Gasteiger charge is 2.22. The molecular weight excluding hydrogens is 288 g/mol. The van der Waals surface area contributed by atoms with Crippen LogP contribution in [0.25, 0.3) is 0 Å². The number of nitrogens with one attached hydrogen (secondary N) is 1. The van der Waals surface area contributed by atoms with Gasteiger partial charge in [0, 0.05) is 11.4 Å². The standard InChI is InChI=1S/C16H24N2O2.ClH/c1-11-7-8-13(17)9-14(11)18-16(19)10-20-15-6-4-3-5-12(15)2;/h7-9,12,15H,3-6,10,17H2,1-2H3,(H,18,19);1H. The first-order chi connectivity index (χ1) is 9.56. The van der Waals surface area contributed by atoms with Gasteiger partial charge in [0.05, 0.1) is 6.10 Å². The molecule has 2 unspecified atom stereocenters. The Morgan fingerprint density at radius 2 is 2.10 bits per heavy atom. The molecule has 1 fully saturated rings. The van der Waals surface area contributed by atoms with Gasteiger partial charge in [-0.1, -0.05) is 25.8 Å². The molecule has 4 nitrogen and oxygen atoms in total. The number of anilines is 2. The number of nitrogen functional groups attached to an aromatic ring is 1. The Bertz CT molecular complexity index is 479. The fraction of sp³-hybridized carbons (Fsp3) is 0.562. The molecule has 118 valence electrons. The Balaban J connectivity index is 0.00000220. The fourth-order valence-corrected chi connectivity index (χ4v) is 2.67. The van der Waals surface area contributed by atoms with Crippen LogP contribution in [0.5, 0.6) is 0 Å². The fourth-order valence-electron chi connectivity index (χ4n) is 2.67. The molecule has 5 heteroatoms. The number of hydrogen-bond donors (Lipinski definition) is 2. The van der Waals surface area contributed by atoms with Gasteiger partial charge < -0.3 is 15.8 Å². The number of benzene rings is 1. The van der Waals surface area contributed by atoms with Gasteiger partial charge in [0.1, 0.15) is 6.61 Å². The molecule has 0 saturated heterocycles. The lowest BCUT2D eigenvalue weighted by atomic mass is 9.88. The van der Waals surface area contributed by atoms with Gasteiger partial charge in [-0.05, 0) is 43.4 Å². The number of ether oxygens (including phenoxy) is 1. The average Bonchev–Trinajstić information content (AvgIpc) is 2.42. The SMILES string of the molecule is Cc1ccc(N)cc1NC(=O)COC1CCCCC1C.Cl. The van der Waals surface area contributed by atoms with Crippen molar-refractivity contribution in [2.45, 2.75) is 45.6 Å². The van der Waals surface area contributed by atoms with Crippen LogP contribution in [-0.4, -0.2) is 18.6 Å². The maximum Gasteiger partial charge on any atom is 0.250 e. The van der Waals surface area contributed by atoms with Crippen molar-refractivity contribution >= 4 is 29.7 Å². The third-order valence-corrected chi connectivity index (χ3v) is 4.00. The van der Waals surface area contributed by atoms with Crippen LogP contribution in [0, 0.1) is 12.8 Å². The van der Waals surface area contributed by atoms with Gasteiger partial charge in [0.25, 0.3) is 0 Å². The van der Waals surface area contributed by atoms with Crippen LogP contribution in [0.1, 0.15) is 38.2 Å². The molecular formula is C16H25ClN2O2. The third-order valence-electron chi connectivity index (χ3n) is 4.00. The summed E-state index contributed by atoms with van der Waals surface area (Å²) in [6.45, 7) is 4.26. The zero-order valence-corrected chi connectivity index (χ0v) is 13.5. The molecule has 1 aromatic carbocycles. The van der Waals surface area contributed by atoms with Crippen molar-refractivity contribution in [3.8, 4) is 0 Å². The minimum atomic E-state index is -0.114. The van der Waals surface area contributed by atoms with Gasteiger partial charge >= 0.3 is 0 Å². The molecule has 0 aromatic heterocycles. The molecule has 0 aliphatic heterocycles. The highest BCUT2D eigenvalue weighted by atomic mass is 35.5. The lowest BCUT2D eigenvalue weighted by Crippen LogP contribution is -2.29. The summed E-state index contributed by atoms with van der Waals surface area (Å²) in [6.07, 6.45) is 4.95. The normalized spacial score (nSPS) is 21.4. The van der Waals surface area contributed by atoms with Gasteiger partial charge in [0.15, 0.2) is 0 Å². The van der Waals surface area contributed by atoms with E-state index in [1.54, 1.807) is 6.07 Å². The molecule has 1 aliphatic rings. The molecule has 2 atom stereocenters. The van der Waals surface area contributed by atoms with Crippen molar-refractivity contribution in [2.24, 2.45) is 5.92 Å². The molecule has 1 aliphatic carbocycles. The van der Waals surface area contributed by atoms with E-state index >= 15 is 0 Å². The summed E-state index contributed by atoms with van der Waals surface area (Å²) in [4.78, 5) is 11.9. The number of aryl methyl sites for hydroxylation is 1. The van der Waals surface area contributed by atoms with Crippen LogP contribution in [0.2, 0.25) is 0 Å². The van der Waals surface area contributed by atoms with Gasteiger partial charge in [-0.2, -0.15) is 0 Å². The molecule has 1 aromatic rings. The van der Waals surface area contributed by atoms with Crippen molar-refractivity contribution < 1.29 is 9.53 Å². The van der Waals surface area contributed by atoms with Crippen LogP contribution >= 0.6 is 12.4 Å². The third kappa shape index (κ3) is 5.21. The lowest BCUT2D eigenvalue weighted by Gasteiger charge is -2.28. The molecule has 0 spiro atoms. The topological polar surface area (TPSA) is 64.3 Å². The van der Waals surface area contributed by atoms with Crippen LogP contribution < -0.4 is 11.1 Å². The molecule has 0 bridgehead atoms. The summed E-state index contributed by atoms with van der Waals surface area (Å²) in [7, 11) is 0. The van der Waals surface area contributed by atoms with Crippen LogP contribution in [0.4, 0.5) is 11.4 Å². The van der Waals surface area contributed by atoms with Crippen molar-refractivity contribution in [1.82, 2.24) is 0 Å². The number of hydrogen-bond acceptors (Lipinski definition) is 3. The molecule has 0 radical (unpaired) electrons. The lowest BCUT2D eigenvalue weighted by molar-refractivity contribution is -0.124. The zero-order valence-electron chi connectivity index (χ0n) is 12.7. The van der Waals surface area contributed by atoms with E-state index in [2.05, 4.69) is 12.2 Å². The number of halogens is 1. The second-order valence-electron chi connectivity index (χ2n) is 5.73. The maximum atomic E-state index is 11.9. The number of carbonyl (C=O) groups excluding carboxylic acids is 1. The van der Waals surface area contributed by atoms with E-state index in [-0.39, 0.29) is 31.0 Å². The Morgan fingerprint density at radius 3 is 2.81 bits per heavy atom. The highest BCUT2D eigenvalue weighted by molar-refractivity contribution is 5.92. The Labute approximate surface area is 132 Å². The van der Waals surface area contributed by atoms with E-state index in [9.17, 15) is 4.79 Å². The molecule has 3 N–H and O–H groups in total. The van der Waals surface area contributed by atoms with Crippen molar-refractivity contribution in [3.63, 3.8) is 0 Å². The average molecular weight is 313 g/mol. The summed E-state index contributed by atoms with van der Waals surface area (Å²) < 4.78 is 5.76. The van der Waals surface area contributed by atoms with Crippen molar-refractivity contribution in [1.29, 1.82) is 0 Å². The first-order valence-corrected chi connectivity index (χ1v) is 7.34. The maximum absolute atomic E-state index is 11.9. The molecule has 21 heavy (non-hydrogen) atoms. The van der Waals surface area contributed by atoms with Crippen LogP contribution in [-0.2, 0) is 9.53 Å². The van der Waals surface area contributed by atoms with E-state index in [0.717, 1.165) is 17.7 Å². The van der Waals surface area contributed by atoms with Gasteiger partial charge in [-0.25, -0.2) is 0 Å². The van der Waals surface area contributed by atoms with Gasteiger partial charge in [-0.3, -0.25) is 4.79 Å². The quantitative estimate of drug-likeness (QED) is 0.836. The number of amides is 1. The van der Waals surface area contributed by atoms with Crippen molar-refractivity contribution in [3.05, 3.63) is 23.8 Å². The largest absolute Gasteiger partial charge is 0.399 e. The summed E-state index contributed by atoms with van der Waals surface area (Å²) in [5.74, 6) is 0.433. The first kappa shape index (κ1) is 17.8. The highest BCUT2D eigenvalue weighted by Crippen LogP contribution is 2.26. The Morgan fingerprint density at radius 1 is 1.38 bits per heavy atom. The molecule has 1 saturated carbocycles. The zero-order chi connectivity index (χ0) is 14.5. The monoisotopic (exact) mass is 312 g/mol. The minimum Gasteiger partial charge on any atom is -0.399 e. The number of rotatable bonds is 4. The predicted octanol–water partition coefficient (Wildman–Crippen LogP) is 3.53. The van der Waals surface area contributed by atoms with E-state index < -0.39 is 0 Å². The Kier molecular flexibility index (Phi) is 6.99. The first-order valence-electron chi connectivity index (χ1n) is 7.34. The summed E-state index contributed by atoms with van der Waals surface area (Å²) >= 11 is 0. The molecule has 0 heterocycles. The molecule has 2 rings (SSSR count). The van der Waals surface area contributed by atoms with Gasteiger partial charge in [0.2, 0.25) is 5.91 Å².